The molecule has 0 aliphatic carbocycles. The highest BCUT2D eigenvalue weighted by atomic mass is 32.1. The van der Waals surface area contributed by atoms with Crippen molar-refractivity contribution in [2.24, 2.45) is 16.5 Å². The number of carbonyl (C=O) groups excluding carboxylic acids is 3. The molecule has 0 fully saturated rings. The zero-order chi connectivity index (χ0) is 27.9. The highest BCUT2D eigenvalue weighted by Crippen LogP contribution is 2.34. The Kier molecular flexibility index (Phi) is 9.13. The zero-order valence-corrected chi connectivity index (χ0v) is 22.5. The molecule has 0 bridgehead atoms. The van der Waals surface area contributed by atoms with Crippen molar-refractivity contribution in [3.05, 3.63) is 70.5 Å². The van der Waals surface area contributed by atoms with Gasteiger partial charge in [0.2, 0.25) is 5.13 Å². The fraction of sp³-hybridized carbons (Fsp3) is 0.308. The Morgan fingerprint density at radius 3 is 2.53 bits per heavy atom. The number of rotatable bonds is 9. The minimum atomic E-state index is -0.644. The molecular weight excluding hydrogens is 506 g/mol. The normalized spacial score (nSPS) is 11.8. The first-order chi connectivity index (χ1) is 18.0. The molecule has 1 unspecified atom stereocenters. The van der Waals surface area contributed by atoms with Gasteiger partial charge in [0.25, 0.3) is 11.8 Å². The maximum Gasteiger partial charge on any atom is 0.308 e. The highest BCUT2D eigenvalue weighted by molar-refractivity contribution is 7.17. The predicted octanol–water partition coefficient (Wildman–Crippen LogP) is 3.42. The number of benzene rings is 1. The monoisotopic (exact) mass is 537 g/mol. The van der Waals surface area contributed by atoms with Gasteiger partial charge in [-0.25, -0.2) is 4.98 Å². The number of ether oxygens (including phenoxy) is 1. The van der Waals surface area contributed by atoms with Crippen LogP contribution in [0.4, 0.5) is 10.8 Å². The van der Waals surface area contributed by atoms with Gasteiger partial charge in [-0.1, -0.05) is 44.2 Å². The third-order valence-corrected chi connectivity index (χ3v) is 6.16. The summed E-state index contributed by atoms with van der Waals surface area (Å²) in [6.07, 6.45) is 3.13. The lowest BCUT2D eigenvalue weighted by molar-refractivity contribution is -0.143. The molecule has 2 aromatic heterocycles. The Hall–Kier alpha value is -4.32. The van der Waals surface area contributed by atoms with E-state index in [4.69, 9.17) is 16.2 Å². The Labute approximate surface area is 224 Å². The van der Waals surface area contributed by atoms with Crippen molar-refractivity contribution < 1.29 is 19.1 Å². The third-order valence-electron chi connectivity index (χ3n) is 5.21. The summed E-state index contributed by atoms with van der Waals surface area (Å²) < 4.78 is 5.06. The minimum absolute atomic E-state index is 0.0548. The molecule has 1 atom stereocenters. The van der Waals surface area contributed by atoms with Crippen LogP contribution in [0.1, 0.15) is 71.4 Å². The molecule has 6 N–H and O–H groups in total. The van der Waals surface area contributed by atoms with Crippen LogP contribution in [0.15, 0.2) is 53.8 Å². The highest BCUT2D eigenvalue weighted by Gasteiger charge is 2.28. The van der Waals surface area contributed by atoms with E-state index in [1.807, 2.05) is 20.8 Å². The zero-order valence-electron chi connectivity index (χ0n) is 21.6. The largest absolute Gasteiger partial charge is 0.466 e. The molecule has 2 heterocycles. The molecule has 12 heteroatoms. The summed E-state index contributed by atoms with van der Waals surface area (Å²) in [5, 5.41) is 5.96. The summed E-state index contributed by atoms with van der Waals surface area (Å²) in [6.45, 7) is 7.74. The number of aromatic nitrogens is 2. The van der Waals surface area contributed by atoms with E-state index in [2.05, 4.69) is 25.6 Å². The quantitative estimate of drug-likeness (QED) is 0.182. The number of amides is 2. The standard InChI is InChI=1S/C26H31N7O4S/c1-5-37-19(34)13-18(16-9-7-11-29-14-16)31-22(35)15-8-6-10-17(12-15)30-23(36)20-21(26(2,3)4)32-25(38-20)33-24(27)28/h6-12,14,18H,5,13H2,1-4H3,(H,30,36)(H,31,35)(H4,27,28,32,33). The maximum absolute atomic E-state index is 13.2. The first-order valence-electron chi connectivity index (χ1n) is 11.9. The van der Waals surface area contributed by atoms with E-state index >= 15 is 0 Å². The molecule has 0 saturated carbocycles. The number of guanidine groups is 1. The van der Waals surface area contributed by atoms with Gasteiger partial charge in [-0.3, -0.25) is 19.4 Å². The van der Waals surface area contributed by atoms with Crippen molar-refractivity contribution in [3.63, 3.8) is 0 Å². The number of nitrogens with two attached hydrogens (primary N) is 2. The number of anilines is 1. The fourth-order valence-electron chi connectivity index (χ4n) is 3.52. The average molecular weight is 538 g/mol. The van der Waals surface area contributed by atoms with E-state index in [-0.39, 0.29) is 24.1 Å². The lowest BCUT2D eigenvalue weighted by Gasteiger charge is -2.19. The van der Waals surface area contributed by atoms with Crippen molar-refractivity contribution in [3.8, 4) is 0 Å². The SMILES string of the molecule is CCOC(=O)CC(NC(=O)c1cccc(NC(=O)c2sc(N=C(N)N)nc2C(C)(C)C)c1)c1cccnc1. The molecular formula is C26H31N7O4S. The van der Waals surface area contributed by atoms with Gasteiger partial charge in [0, 0.05) is 29.1 Å². The van der Waals surface area contributed by atoms with E-state index in [0.29, 0.717) is 27.4 Å². The number of esters is 1. The number of pyridine rings is 1. The summed E-state index contributed by atoms with van der Waals surface area (Å²) in [7, 11) is 0. The van der Waals surface area contributed by atoms with Gasteiger partial charge in [-0.15, -0.1) is 0 Å². The van der Waals surface area contributed by atoms with Gasteiger partial charge in [-0.2, -0.15) is 4.99 Å². The van der Waals surface area contributed by atoms with Gasteiger partial charge >= 0.3 is 5.97 Å². The number of hydrogen-bond acceptors (Lipinski definition) is 8. The van der Waals surface area contributed by atoms with Gasteiger partial charge in [0.05, 0.1) is 24.8 Å². The molecule has 2 amide bonds. The lowest BCUT2D eigenvalue weighted by atomic mass is 9.91. The summed E-state index contributed by atoms with van der Waals surface area (Å²) in [4.78, 5) is 51.3. The maximum atomic E-state index is 13.2. The fourth-order valence-corrected chi connectivity index (χ4v) is 4.58. The summed E-state index contributed by atoms with van der Waals surface area (Å²) in [5.74, 6) is -1.43. The third kappa shape index (κ3) is 7.59. The Morgan fingerprint density at radius 1 is 1.13 bits per heavy atom. The van der Waals surface area contributed by atoms with Crippen molar-refractivity contribution in [1.29, 1.82) is 0 Å². The Balaban J connectivity index is 1.81. The van der Waals surface area contributed by atoms with Crippen LogP contribution < -0.4 is 22.1 Å². The van der Waals surface area contributed by atoms with Crippen LogP contribution in [0.5, 0.6) is 0 Å². The van der Waals surface area contributed by atoms with Crippen molar-refractivity contribution in [1.82, 2.24) is 15.3 Å². The molecule has 0 radical (unpaired) electrons. The first kappa shape index (κ1) is 28.3. The predicted molar refractivity (Wildman–Crippen MR) is 146 cm³/mol. The molecule has 11 nitrogen and oxygen atoms in total. The number of nitrogens with zero attached hydrogens (tertiary/aromatic N) is 3. The summed E-state index contributed by atoms with van der Waals surface area (Å²) >= 11 is 1.07. The molecule has 3 rings (SSSR count). The van der Waals surface area contributed by atoms with Crippen LogP contribution in [0.3, 0.4) is 0 Å². The molecule has 0 aliphatic rings. The molecule has 38 heavy (non-hydrogen) atoms. The van der Waals surface area contributed by atoms with E-state index in [1.54, 1.807) is 55.7 Å². The molecule has 200 valence electrons. The first-order valence-corrected chi connectivity index (χ1v) is 12.7. The van der Waals surface area contributed by atoms with Gasteiger partial charge in [-0.05, 0) is 36.8 Å². The van der Waals surface area contributed by atoms with Crippen LogP contribution in [0, 0.1) is 0 Å². The van der Waals surface area contributed by atoms with E-state index in [9.17, 15) is 14.4 Å². The molecule has 0 aliphatic heterocycles. The van der Waals surface area contributed by atoms with Crippen LogP contribution >= 0.6 is 11.3 Å². The van der Waals surface area contributed by atoms with Crippen LogP contribution in [0.2, 0.25) is 0 Å². The van der Waals surface area contributed by atoms with Gasteiger partial charge in [0.1, 0.15) is 4.88 Å². The second-order valence-electron chi connectivity index (χ2n) is 9.32. The second-order valence-corrected chi connectivity index (χ2v) is 10.3. The number of aliphatic imine (C=N–C) groups is 1. The number of nitrogens with one attached hydrogen (secondary N) is 2. The number of hydrogen-bond donors (Lipinski definition) is 4. The second kappa shape index (κ2) is 12.3. The van der Waals surface area contributed by atoms with Gasteiger partial charge < -0.3 is 26.8 Å². The van der Waals surface area contributed by atoms with Crippen molar-refractivity contribution in [2.75, 3.05) is 11.9 Å². The number of carbonyl (C=O) groups is 3. The topological polar surface area (TPSA) is 175 Å². The number of thiazole rings is 1. The Morgan fingerprint density at radius 2 is 1.89 bits per heavy atom. The summed E-state index contributed by atoms with van der Waals surface area (Å²) in [6, 6.07) is 9.32. The Bertz CT molecular complexity index is 1330. The molecule has 1 aromatic carbocycles. The van der Waals surface area contributed by atoms with Gasteiger partial charge in [0.15, 0.2) is 5.96 Å². The molecule has 0 saturated heterocycles. The lowest BCUT2D eigenvalue weighted by Crippen LogP contribution is -2.30. The van der Waals surface area contributed by atoms with Crippen molar-refractivity contribution >= 4 is 45.9 Å². The van der Waals surface area contributed by atoms with E-state index in [1.165, 1.54) is 0 Å². The average Bonchev–Trinajstić information content (AvgIpc) is 3.28. The van der Waals surface area contributed by atoms with Crippen molar-refractivity contribution in [2.45, 2.75) is 45.6 Å². The van der Waals surface area contributed by atoms with E-state index in [0.717, 1.165) is 11.3 Å². The van der Waals surface area contributed by atoms with Crippen LogP contribution in [0.25, 0.3) is 0 Å². The minimum Gasteiger partial charge on any atom is -0.466 e. The molecule has 0 spiro atoms. The van der Waals surface area contributed by atoms with Crippen LogP contribution in [-0.4, -0.2) is 40.3 Å². The van der Waals surface area contributed by atoms with E-state index < -0.39 is 29.2 Å². The summed E-state index contributed by atoms with van der Waals surface area (Å²) in [5.41, 5.74) is 12.4. The molecule has 3 aromatic rings. The van der Waals surface area contributed by atoms with Crippen LogP contribution in [-0.2, 0) is 14.9 Å². The smallest absolute Gasteiger partial charge is 0.308 e.